The van der Waals surface area contributed by atoms with Crippen molar-refractivity contribution in [2.24, 2.45) is 0 Å². The van der Waals surface area contributed by atoms with Gasteiger partial charge < -0.3 is 5.32 Å². The van der Waals surface area contributed by atoms with Crippen LogP contribution in [0, 0.1) is 11.3 Å². The fraction of sp³-hybridized carbons (Fsp3) is 0.556. The third-order valence-corrected chi connectivity index (χ3v) is 4.54. The van der Waals surface area contributed by atoms with E-state index in [0.717, 1.165) is 24.9 Å². The molecule has 0 heterocycles. The Morgan fingerprint density at radius 3 is 2.55 bits per heavy atom. The van der Waals surface area contributed by atoms with Crippen molar-refractivity contribution in [2.45, 2.75) is 51.6 Å². The second-order valence-electron chi connectivity index (χ2n) is 6.02. The average molecular weight is 299 g/mol. The van der Waals surface area contributed by atoms with E-state index in [2.05, 4.69) is 30.1 Å². The molecule has 1 saturated carbocycles. The number of nitrogens with zero attached hydrogens (tertiary/aromatic N) is 2. The highest BCUT2D eigenvalue weighted by Gasteiger charge is 2.21. The normalized spacial score (nSPS) is 16.5. The molecule has 1 fully saturated rings. The van der Waals surface area contributed by atoms with Crippen LogP contribution in [0.5, 0.6) is 0 Å². The number of carbonyl (C=O) groups is 1. The topological polar surface area (TPSA) is 56.1 Å². The van der Waals surface area contributed by atoms with Crippen LogP contribution in [0.3, 0.4) is 0 Å². The van der Waals surface area contributed by atoms with Crippen LogP contribution in [0.25, 0.3) is 0 Å². The quantitative estimate of drug-likeness (QED) is 0.878. The third kappa shape index (κ3) is 4.32. The number of hydrogen-bond acceptors (Lipinski definition) is 3. The summed E-state index contributed by atoms with van der Waals surface area (Å²) < 4.78 is 0. The number of nitrogens with one attached hydrogen (secondary N) is 1. The van der Waals surface area contributed by atoms with Gasteiger partial charge in [-0.05, 0) is 44.0 Å². The van der Waals surface area contributed by atoms with E-state index in [1.54, 1.807) is 0 Å². The average Bonchev–Trinajstić information content (AvgIpc) is 3.05. The Bertz CT molecular complexity index is 526. The number of rotatable bonds is 6. The van der Waals surface area contributed by atoms with Gasteiger partial charge in [-0.3, -0.25) is 9.69 Å². The van der Waals surface area contributed by atoms with Crippen LogP contribution in [0.4, 0.5) is 0 Å². The van der Waals surface area contributed by atoms with Gasteiger partial charge in [0.1, 0.15) is 0 Å². The van der Waals surface area contributed by atoms with Gasteiger partial charge in [0.25, 0.3) is 0 Å². The molecule has 22 heavy (non-hydrogen) atoms. The minimum atomic E-state index is 0.120. The lowest BCUT2D eigenvalue weighted by atomic mass is 10.0. The molecule has 1 aliphatic rings. The lowest BCUT2D eigenvalue weighted by molar-refractivity contribution is -0.123. The summed E-state index contributed by atoms with van der Waals surface area (Å²) in [6, 6.07) is 10.3. The Hall–Kier alpha value is -1.86. The smallest absolute Gasteiger partial charge is 0.234 e. The Morgan fingerprint density at radius 2 is 2.00 bits per heavy atom. The molecule has 1 amide bonds. The van der Waals surface area contributed by atoms with E-state index in [0.29, 0.717) is 18.2 Å². The van der Waals surface area contributed by atoms with Crippen LogP contribution in [0.1, 0.15) is 56.7 Å². The van der Waals surface area contributed by atoms with Gasteiger partial charge in [-0.2, -0.15) is 5.26 Å². The number of benzene rings is 1. The van der Waals surface area contributed by atoms with Crippen molar-refractivity contribution in [1.29, 1.82) is 5.26 Å². The van der Waals surface area contributed by atoms with Gasteiger partial charge >= 0.3 is 0 Å². The van der Waals surface area contributed by atoms with E-state index in [1.807, 2.05) is 24.3 Å². The lowest BCUT2D eigenvalue weighted by Gasteiger charge is -2.28. The monoisotopic (exact) mass is 299 g/mol. The third-order valence-electron chi connectivity index (χ3n) is 4.54. The van der Waals surface area contributed by atoms with Crippen molar-refractivity contribution in [3.8, 4) is 6.07 Å². The van der Waals surface area contributed by atoms with Crippen molar-refractivity contribution < 1.29 is 4.79 Å². The first-order chi connectivity index (χ1) is 10.6. The van der Waals surface area contributed by atoms with Crippen molar-refractivity contribution in [3.05, 3.63) is 35.4 Å². The maximum absolute atomic E-state index is 12.2. The summed E-state index contributed by atoms with van der Waals surface area (Å²) in [6.45, 7) is 5.42. The summed E-state index contributed by atoms with van der Waals surface area (Å²) in [7, 11) is 0. The van der Waals surface area contributed by atoms with E-state index in [4.69, 9.17) is 5.26 Å². The molecular weight excluding hydrogens is 274 g/mol. The lowest BCUT2D eigenvalue weighted by Crippen LogP contribution is -2.42. The number of carbonyl (C=O) groups excluding carboxylic acids is 1. The first-order valence-corrected chi connectivity index (χ1v) is 8.17. The van der Waals surface area contributed by atoms with Crippen molar-refractivity contribution in [3.63, 3.8) is 0 Å². The van der Waals surface area contributed by atoms with Gasteiger partial charge in [0.05, 0.1) is 18.2 Å². The Labute approximate surface area is 133 Å². The van der Waals surface area contributed by atoms with Crippen LogP contribution < -0.4 is 5.32 Å². The van der Waals surface area contributed by atoms with E-state index >= 15 is 0 Å². The molecule has 1 atom stereocenters. The van der Waals surface area contributed by atoms with E-state index in [1.165, 1.54) is 12.8 Å². The summed E-state index contributed by atoms with van der Waals surface area (Å²) >= 11 is 0. The SMILES string of the molecule is CCN(CC(=O)NC1CCCC1)C(C)c1ccc(C#N)cc1. The molecule has 1 aromatic rings. The summed E-state index contributed by atoms with van der Waals surface area (Å²) in [5.41, 5.74) is 1.80. The molecule has 1 N–H and O–H groups in total. The Kier molecular flexibility index (Phi) is 5.97. The molecule has 2 rings (SSSR count). The Balaban J connectivity index is 1.93. The molecule has 0 radical (unpaired) electrons. The maximum atomic E-state index is 12.2. The highest BCUT2D eigenvalue weighted by molar-refractivity contribution is 5.78. The van der Waals surface area contributed by atoms with Gasteiger partial charge in [-0.25, -0.2) is 0 Å². The molecule has 4 heteroatoms. The molecule has 1 unspecified atom stereocenters. The molecule has 0 bridgehead atoms. The minimum absolute atomic E-state index is 0.120. The van der Waals surface area contributed by atoms with Crippen LogP contribution in [-0.2, 0) is 4.79 Å². The second kappa shape index (κ2) is 7.95. The van der Waals surface area contributed by atoms with Gasteiger partial charge in [-0.1, -0.05) is 31.9 Å². The zero-order valence-electron chi connectivity index (χ0n) is 13.5. The van der Waals surface area contributed by atoms with E-state index in [9.17, 15) is 4.79 Å². The number of amides is 1. The molecule has 1 aromatic carbocycles. The van der Waals surface area contributed by atoms with E-state index in [-0.39, 0.29) is 11.9 Å². The predicted octanol–water partition coefficient (Wildman–Crippen LogP) is 3.00. The molecule has 4 nitrogen and oxygen atoms in total. The summed E-state index contributed by atoms with van der Waals surface area (Å²) in [5, 5.41) is 12.0. The summed E-state index contributed by atoms with van der Waals surface area (Å²) in [4.78, 5) is 14.4. The van der Waals surface area contributed by atoms with Crippen LogP contribution in [-0.4, -0.2) is 29.9 Å². The molecule has 1 aliphatic carbocycles. The summed E-state index contributed by atoms with van der Waals surface area (Å²) in [6.07, 6.45) is 4.68. The van der Waals surface area contributed by atoms with Gasteiger partial charge in [0.15, 0.2) is 0 Å². The zero-order valence-corrected chi connectivity index (χ0v) is 13.5. The molecule has 0 saturated heterocycles. The van der Waals surface area contributed by atoms with E-state index < -0.39 is 0 Å². The standard InChI is InChI=1S/C18H25N3O/c1-3-21(13-18(22)20-17-6-4-5-7-17)14(2)16-10-8-15(12-19)9-11-16/h8-11,14,17H,3-7,13H2,1-2H3,(H,20,22). The van der Waals surface area contributed by atoms with Gasteiger partial charge in [-0.15, -0.1) is 0 Å². The first kappa shape index (κ1) is 16.5. The molecule has 0 aliphatic heterocycles. The maximum Gasteiger partial charge on any atom is 0.234 e. The molecule has 118 valence electrons. The fourth-order valence-electron chi connectivity index (χ4n) is 3.10. The van der Waals surface area contributed by atoms with Gasteiger partial charge in [0.2, 0.25) is 5.91 Å². The number of hydrogen-bond donors (Lipinski definition) is 1. The van der Waals surface area contributed by atoms with Crippen LogP contribution in [0.2, 0.25) is 0 Å². The molecule has 0 aromatic heterocycles. The van der Waals surface area contributed by atoms with Crippen LogP contribution >= 0.6 is 0 Å². The minimum Gasteiger partial charge on any atom is -0.352 e. The van der Waals surface area contributed by atoms with Crippen LogP contribution in [0.15, 0.2) is 24.3 Å². The molecule has 0 spiro atoms. The van der Waals surface area contributed by atoms with Crippen molar-refractivity contribution in [1.82, 2.24) is 10.2 Å². The largest absolute Gasteiger partial charge is 0.352 e. The highest BCUT2D eigenvalue weighted by atomic mass is 16.2. The van der Waals surface area contributed by atoms with Crippen molar-refractivity contribution in [2.75, 3.05) is 13.1 Å². The number of nitriles is 1. The molecular formula is C18H25N3O. The first-order valence-electron chi connectivity index (χ1n) is 8.17. The highest BCUT2D eigenvalue weighted by Crippen LogP contribution is 2.21. The van der Waals surface area contributed by atoms with Crippen molar-refractivity contribution >= 4 is 5.91 Å². The summed E-state index contributed by atoms with van der Waals surface area (Å²) in [5.74, 6) is 0.120. The fourth-order valence-corrected chi connectivity index (χ4v) is 3.10. The predicted molar refractivity (Wildman–Crippen MR) is 87.2 cm³/mol. The Morgan fingerprint density at radius 1 is 1.36 bits per heavy atom. The zero-order chi connectivity index (χ0) is 15.9. The number of likely N-dealkylation sites (N-methyl/N-ethyl adjacent to an activating group) is 1. The van der Waals surface area contributed by atoms with Gasteiger partial charge in [0, 0.05) is 12.1 Å². The second-order valence-corrected chi connectivity index (χ2v) is 6.02.